The molecule has 0 spiro atoms. The maximum atomic E-state index is 5.79. The van der Waals surface area contributed by atoms with Crippen LogP contribution in [-0.2, 0) is 0 Å². The summed E-state index contributed by atoms with van der Waals surface area (Å²) in [6, 6.07) is 18.1. The van der Waals surface area contributed by atoms with E-state index in [1.165, 1.54) is 0 Å². The van der Waals surface area contributed by atoms with Crippen LogP contribution in [0.1, 0.15) is 5.56 Å². The van der Waals surface area contributed by atoms with Crippen LogP contribution in [0.3, 0.4) is 0 Å². The second kappa shape index (κ2) is 8.04. The molecule has 0 N–H and O–H groups in total. The fraction of sp³-hybridized carbons (Fsp3) is 0.217. The Morgan fingerprint density at radius 2 is 1.04 bits per heavy atom. The van der Waals surface area contributed by atoms with Crippen LogP contribution >= 0.6 is 0 Å². The third-order valence-corrected chi connectivity index (χ3v) is 4.61. The highest BCUT2D eigenvalue weighted by atomic mass is 16.5. The van der Waals surface area contributed by atoms with E-state index in [4.69, 9.17) is 18.9 Å². The molecule has 0 radical (unpaired) electrons. The highest BCUT2D eigenvalue weighted by Gasteiger charge is 2.20. The number of hydrogen-bond donors (Lipinski definition) is 0. The summed E-state index contributed by atoms with van der Waals surface area (Å²) in [7, 11) is 6.66. The topological polar surface area (TPSA) is 36.9 Å². The summed E-state index contributed by atoms with van der Waals surface area (Å²) in [5, 5.41) is 0. The fourth-order valence-electron chi connectivity index (χ4n) is 3.26. The van der Waals surface area contributed by atoms with Crippen molar-refractivity contribution >= 4 is 0 Å². The maximum Gasteiger partial charge on any atom is 0.169 e. The van der Waals surface area contributed by atoms with Gasteiger partial charge in [-0.15, -0.1) is 0 Å². The minimum absolute atomic E-state index is 0.716. The van der Waals surface area contributed by atoms with E-state index in [2.05, 4.69) is 6.07 Å². The van der Waals surface area contributed by atoms with E-state index in [1.54, 1.807) is 28.4 Å². The van der Waals surface area contributed by atoms with Crippen LogP contribution in [0.25, 0.3) is 22.3 Å². The van der Waals surface area contributed by atoms with Gasteiger partial charge in [-0.05, 0) is 59.5 Å². The lowest BCUT2D eigenvalue weighted by Gasteiger charge is -2.20. The molecule has 0 amide bonds. The third-order valence-electron chi connectivity index (χ3n) is 4.61. The Hall–Kier alpha value is -3.14. The number of methoxy groups -OCH3 is 4. The van der Waals surface area contributed by atoms with Gasteiger partial charge in [0.2, 0.25) is 0 Å². The maximum absolute atomic E-state index is 5.79. The van der Waals surface area contributed by atoms with Crippen LogP contribution in [0.15, 0.2) is 54.6 Å². The summed E-state index contributed by atoms with van der Waals surface area (Å²) in [6.45, 7) is 2.02. The van der Waals surface area contributed by atoms with Crippen LogP contribution in [-0.4, -0.2) is 28.4 Å². The van der Waals surface area contributed by atoms with Gasteiger partial charge in [-0.1, -0.05) is 24.3 Å². The van der Waals surface area contributed by atoms with Gasteiger partial charge in [-0.2, -0.15) is 0 Å². The molecule has 0 saturated heterocycles. The minimum Gasteiger partial charge on any atom is -0.497 e. The SMILES string of the molecule is COc1ccc(-c2cc(C)c(OC)c(OC)c2-c2ccc(OC)cc2)cc1. The number of rotatable bonds is 6. The zero-order valence-electron chi connectivity index (χ0n) is 16.3. The Morgan fingerprint density at radius 3 is 1.48 bits per heavy atom. The molecule has 0 bridgehead atoms. The summed E-state index contributed by atoms with van der Waals surface area (Å²) in [4.78, 5) is 0. The van der Waals surface area contributed by atoms with Crippen LogP contribution in [0.4, 0.5) is 0 Å². The zero-order chi connectivity index (χ0) is 19.4. The summed E-state index contributed by atoms with van der Waals surface area (Å²) >= 11 is 0. The number of benzene rings is 3. The number of aryl methyl sites for hydroxylation is 1. The first kappa shape index (κ1) is 18.6. The molecule has 4 heteroatoms. The fourth-order valence-corrected chi connectivity index (χ4v) is 3.26. The van der Waals surface area contributed by atoms with E-state index in [1.807, 2.05) is 55.5 Å². The Labute approximate surface area is 160 Å². The van der Waals surface area contributed by atoms with Crippen molar-refractivity contribution in [2.45, 2.75) is 6.92 Å². The lowest BCUT2D eigenvalue weighted by atomic mass is 9.91. The predicted molar refractivity (Wildman–Crippen MR) is 108 cm³/mol. The second-order valence-corrected chi connectivity index (χ2v) is 6.14. The van der Waals surface area contributed by atoms with E-state index in [0.717, 1.165) is 45.1 Å². The van der Waals surface area contributed by atoms with E-state index in [-0.39, 0.29) is 0 Å². The number of ether oxygens (including phenoxy) is 4. The Kier molecular flexibility index (Phi) is 5.55. The lowest BCUT2D eigenvalue weighted by Crippen LogP contribution is -1.99. The van der Waals surface area contributed by atoms with Crippen LogP contribution < -0.4 is 18.9 Å². The molecule has 3 aromatic carbocycles. The van der Waals surface area contributed by atoms with Gasteiger partial charge in [-0.25, -0.2) is 0 Å². The van der Waals surface area contributed by atoms with Crippen LogP contribution in [0.2, 0.25) is 0 Å². The smallest absolute Gasteiger partial charge is 0.169 e. The Morgan fingerprint density at radius 1 is 0.556 bits per heavy atom. The highest BCUT2D eigenvalue weighted by molar-refractivity contribution is 5.90. The van der Waals surface area contributed by atoms with Crippen molar-refractivity contribution in [1.82, 2.24) is 0 Å². The van der Waals surface area contributed by atoms with E-state index in [9.17, 15) is 0 Å². The quantitative estimate of drug-likeness (QED) is 0.590. The first-order valence-corrected chi connectivity index (χ1v) is 8.67. The van der Waals surface area contributed by atoms with E-state index >= 15 is 0 Å². The van der Waals surface area contributed by atoms with Crippen molar-refractivity contribution in [2.24, 2.45) is 0 Å². The van der Waals surface area contributed by atoms with Crippen LogP contribution in [0, 0.1) is 6.92 Å². The molecule has 0 aliphatic carbocycles. The Balaban J connectivity index is 2.28. The molecular weight excluding hydrogens is 340 g/mol. The van der Waals surface area contributed by atoms with Crippen molar-refractivity contribution in [1.29, 1.82) is 0 Å². The van der Waals surface area contributed by atoms with Crippen molar-refractivity contribution < 1.29 is 18.9 Å². The monoisotopic (exact) mass is 364 g/mol. The van der Waals surface area contributed by atoms with Gasteiger partial charge >= 0.3 is 0 Å². The molecule has 0 atom stereocenters. The average Bonchev–Trinajstić information content (AvgIpc) is 2.73. The summed E-state index contributed by atoms with van der Waals surface area (Å²) in [5.41, 5.74) is 5.16. The zero-order valence-corrected chi connectivity index (χ0v) is 16.3. The van der Waals surface area contributed by atoms with Crippen molar-refractivity contribution in [2.75, 3.05) is 28.4 Å². The van der Waals surface area contributed by atoms with Gasteiger partial charge < -0.3 is 18.9 Å². The molecule has 0 saturated carbocycles. The molecule has 0 fully saturated rings. The number of hydrogen-bond acceptors (Lipinski definition) is 4. The largest absolute Gasteiger partial charge is 0.497 e. The summed E-state index contributed by atoms with van der Waals surface area (Å²) in [6.07, 6.45) is 0. The van der Waals surface area contributed by atoms with Gasteiger partial charge in [0.1, 0.15) is 11.5 Å². The molecule has 3 aromatic rings. The molecule has 3 rings (SSSR count). The minimum atomic E-state index is 0.716. The van der Waals surface area contributed by atoms with Gasteiger partial charge in [0.25, 0.3) is 0 Å². The standard InChI is InChI=1S/C23H24O4/c1-15-14-20(16-6-10-18(24-2)11-7-16)21(23(27-5)22(15)26-4)17-8-12-19(25-3)13-9-17/h6-14H,1-5H3. The molecule has 0 aliphatic rings. The molecule has 0 unspecified atom stereocenters. The van der Waals surface area contributed by atoms with Crippen molar-refractivity contribution in [3.8, 4) is 45.3 Å². The first-order chi connectivity index (χ1) is 13.1. The molecule has 0 heterocycles. The van der Waals surface area contributed by atoms with Crippen molar-refractivity contribution in [3.63, 3.8) is 0 Å². The van der Waals surface area contributed by atoms with Gasteiger partial charge in [-0.3, -0.25) is 0 Å². The molecule has 140 valence electrons. The van der Waals surface area contributed by atoms with Crippen molar-refractivity contribution in [3.05, 3.63) is 60.2 Å². The van der Waals surface area contributed by atoms with Gasteiger partial charge in [0.05, 0.1) is 28.4 Å². The van der Waals surface area contributed by atoms with E-state index in [0.29, 0.717) is 5.75 Å². The highest BCUT2D eigenvalue weighted by Crippen LogP contribution is 2.47. The van der Waals surface area contributed by atoms with Gasteiger partial charge in [0.15, 0.2) is 11.5 Å². The lowest BCUT2D eigenvalue weighted by molar-refractivity contribution is 0.354. The molecule has 0 aliphatic heterocycles. The second-order valence-electron chi connectivity index (χ2n) is 6.14. The third kappa shape index (κ3) is 3.56. The Bertz CT molecular complexity index is 913. The molecule has 4 nitrogen and oxygen atoms in total. The van der Waals surface area contributed by atoms with Crippen LogP contribution in [0.5, 0.6) is 23.0 Å². The first-order valence-electron chi connectivity index (χ1n) is 8.67. The summed E-state index contributed by atoms with van der Waals surface area (Å²) < 4.78 is 22.0. The summed E-state index contributed by atoms with van der Waals surface area (Å²) in [5.74, 6) is 3.08. The molecule has 0 aromatic heterocycles. The predicted octanol–water partition coefficient (Wildman–Crippen LogP) is 5.36. The normalized spacial score (nSPS) is 10.4. The molecular formula is C23H24O4. The van der Waals surface area contributed by atoms with Gasteiger partial charge in [0, 0.05) is 5.56 Å². The average molecular weight is 364 g/mol. The van der Waals surface area contributed by atoms with E-state index < -0.39 is 0 Å². The molecule has 27 heavy (non-hydrogen) atoms.